The van der Waals surface area contributed by atoms with Crippen LogP contribution in [0.15, 0.2) is 29.9 Å². The number of pyridine rings is 1. The number of nitrogens with two attached hydrogens (primary N) is 1. The van der Waals surface area contributed by atoms with E-state index < -0.39 is 0 Å². The number of hydrogen-bond donors (Lipinski definition) is 2. The van der Waals surface area contributed by atoms with E-state index in [0.717, 1.165) is 5.56 Å². The molecule has 16 heavy (non-hydrogen) atoms. The van der Waals surface area contributed by atoms with Crippen LogP contribution in [0.2, 0.25) is 5.02 Å². The molecule has 0 bridgehead atoms. The number of thiophene rings is 1. The van der Waals surface area contributed by atoms with Gasteiger partial charge in [0.1, 0.15) is 0 Å². The van der Waals surface area contributed by atoms with Gasteiger partial charge in [0.2, 0.25) is 0 Å². The van der Waals surface area contributed by atoms with Gasteiger partial charge >= 0.3 is 0 Å². The Labute approximate surface area is 103 Å². The Kier molecular flexibility index (Phi) is 3.56. The summed E-state index contributed by atoms with van der Waals surface area (Å²) in [6.07, 6.45) is 3.35. The van der Waals surface area contributed by atoms with Crippen LogP contribution in [0.25, 0.3) is 0 Å². The van der Waals surface area contributed by atoms with E-state index in [-0.39, 0.29) is 6.04 Å². The van der Waals surface area contributed by atoms with E-state index in [4.69, 9.17) is 17.4 Å². The molecule has 0 spiro atoms. The maximum atomic E-state index is 6.11. The largest absolute Gasteiger partial charge is 0.271 e. The molecule has 2 aromatic heterocycles. The average molecular weight is 254 g/mol. The first-order valence-electron chi connectivity index (χ1n) is 4.83. The zero-order valence-electron chi connectivity index (χ0n) is 8.77. The van der Waals surface area contributed by atoms with Crippen LogP contribution in [0, 0.1) is 6.92 Å². The topological polar surface area (TPSA) is 50.9 Å². The Morgan fingerprint density at radius 3 is 2.88 bits per heavy atom. The number of hydrogen-bond acceptors (Lipinski definition) is 4. The number of aryl methyl sites for hydroxylation is 1. The lowest BCUT2D eigenvalue weighted by atomic mass is 10.1. The minimum Gasteiger partial charge on any atom is -0.271 e. The van der Waals surface area contributed by atoms with Gasteiger partial charge in [-0.25, -0.2) is 5.43 Å². The molecule has 0 aliphatic heterocycles. The summed E-state index contributed by atoms with van der Waals surface area (Å²) in [5, 5.41) is 2.67. The number of nitrogens with zero attached hydrogens (tertiary/aromatic N) is 1. The number of rotatable bonds is 3. The van der Waals surface area contributed by atoms with Crippen molar-refractivity contribution in [2.24, 2.45) is 5.84 Å². The van der Waals surface area contributed by atoms with Crippen LogP contribution in [0.1, 0.15) is 22.0 Å². The van der Waals surface area contributed by atoms with Crippen molar-refractivity contribution in [1.29, 1.82) is 0 Å². The van der Waals surface area contributed by atoms with Gasteiger partial charge < -0.3 is 0 Å². The van der Waals surface area contributed by atoms with E-state index in [1.807, 2.05) is 11.4 Å². The van der Waals surface area contributed by atoms with Crippen molar-refractivity contribution in [2.75, 3.05) is 0 Å². The van der Waals surface area contributed by atoms with Gasteiger partial charge in [0, 0.05) is 17.3 Å². The standard InChI is InChI=1S/C11H12ClN3S/c1-7-3-5-16-11(7)10(15-13)8-2-4-14-6-9(8)12/h2-6,10,15H,13H2,1H3. The van der Waals surface area contributed by atoms with Crippen molar-refractivity contribution < 1.29 is 0 Å². The third kappa shape index (κ3) is 2.10. The molecule has 0 aromatic carbocycles. The lowest BCUT2D eigenvalue weighted by molar-refractivity contribution is 0.643. The Balaban J connectivity index is 2.45. The molecular weight excluding hydrogens is 242 g/mol. The highest BCUT2D eigenvalue weighted by Gasteiger charge is 2.18. The van der Waals surface area contributed by atoms with Gasteiger partial charge in [-0.2, -0.15) is 0 Å². The van der Waals surface area contributed by atoms with Crippen LogP contribution in [-0.2, 0) is 0 Å². The summed E-state index contributed by atoms with van der Waals surface area (Å²) >= 11 is 7.78. The molecule has 0 amide bonds. The lowest BCUT2D eigenvalue weighted by Gasteiger charge is -2.17. The summed E-state index contributed by atoms with van der Waals surface area (Å²) in [5.74, 6) is 5.61. The molecule has 0 aliphatic rings. The van der Waals surface area contributed by atoms with E-state index in [9.17, 15) is 0 Å². The zero-order valence-corrected chi connectivity index (χ0v) is 10.3. The first-order chi connectivity index (χ1) is 7.74. The summed E-state index contributed by atoms with van der Waals surface area (Å²) in [4.78, 5) is 5.14. The molecule has 0 radical (unpaired) electrons. The molecule has 2 aromatic rings. The highest BCUT2D eigenvalue weighted by molar-refractivity contribution is 7.10. The van der Waals surface area contributed by atoms with E-state index >= 15 is 0 Å². The Morgan fingerprint density at radius 1 is 1.50 bits per heavy atom. The molecule has 0 fully saturated rings. The summed E-state index contributed by atoms with van der Waals surface area (Å²) in [6, 6.07) is 3.88. The molecule has 2 heterocycles. The molecule has 2 rings (SSSR count). The Bertz CT molecular complexity index is 484. The van der Waals surface area contributed by atoms with E-state index in [1.54, 1.807) is 23.7 Å². The molecule has 3 N–H and O–H groups in total. The lowest BCUT2D eigenvalue weighted by Crippen LogP contribution is -2.28. The van der Waals surface area contributed by atoms with Crippen molar-refractivity contribution in [3.05, 3.63) is 50.9 Å². The van der Waals surface area contributed by atoms with E-state index in [2.05, 4.69) is 23.4 Å². The second-order valence-corrected chi connectivity index (χ2v) is 4.82. The zero-order chi connectivity index (χ0) is 11.5. The number of halogens is 1. The predicted octanol–water partition coefficient (Wildman–Crippen LogP) is 2.66. The molecule has 0 saturated heterocycles. The average Bonchev–Trinajstić information content (AvgIpc) is 2.69. The summed E-state index contributed by atoms with van der Waals surface area (Å²) in [7, 11) is 0. The van der Waals surface area contributed by atoms with E-state index in [0.29, 0.717) is 5.02 Å². The normalized spacial score (nSPS) is 12.7. The highest BCUT2D eigenvalue weighted by atomic mass is 35.5. The van der Waals surface area contributed by atoms with Gasteiger partial charge in [-0.3, -0.25) is 10.8 Å². The molecule has 0 saturated carbocycles. The van der Waals surface area contributed by atoms with Crippen LogP contribution < -0.4 is 11.3 Å². The van der Waals surface area contributed by atoms with Crippen molar-refractivity contribution >= 4 is 22.9 Å². The Morgan fingerprint density at radius 2 is 2.31 bits per heavy atom. The fourth-order valence-electron chi connectivity index (χ4n) is 1.61. The molecule has 84 valence electrons. The quantitative estimate of drug-likeness (QED) is 0.653. The maximum Gasteiger partial charge on any atom is 0.0820 e. The summed E-state index contributed by atoms with van der Waals surface area (Å²) < 4.78 is 0. The van der Waals surface area contributed by atoms with Crippen LogP contribution >= 0.6 is 22.9 Å². The summed E-state index contributed by atoms with van der Waals surface area (Å²) in [5.41, 5.74) is 4.96. The first kappa shape index (κ1) is 11.5. The highest BCUT2D eigenvalue weighted by Crippen LogP contribution is 2.31. The molecular formula is C11H12ClN3S. The molecule has 5 heteroatoms. The summed E-state index contributed by atoms with van der Waals surface area (Å²) in [6.45, 7) is 2.06. The van der Waals surface area contributed by atoms with Gasteiger partial charge in [0.25, 0.3) is 0 Å². The monoisotopic (exact) mass is 253 g/mol. The number of nitrogens with one attached hydrogen (secondary N) is 1. The maximum absolute atomic E-state index is 6.11. The van der Waals surface area contributed by atoms with Crippen molar-refractivity contribution in [3.63, 3.8) is 0 Å². The van der Waals surface area contributed by atoms with Crippen LogP contribution in [0.5, 0.6) is 0 Å². The van der Waals surface area contributed by atoms with Gasteiger partial charge in [-0.1, -0.05) is 11.6 Å². The third-order valence-corrected chi connectivity index (χ3v) is 3.84. The number of hydrazine groups is 1. The first-order valence-corrected chi connectivity index (χ1v) is 6.09. The van der Waals surface area contributed by atoms with Crippen molar-refractivity contribution in [2.45, 2.75) is 13.0 Å². The van der Waals surface area contributed by atoms with Gasteiger partial charge in [0.15, 0.2) is 0 Å². The molecule has 0 aliphatic carbocycles. The second kappa shape index (κ2) is 4.93. The Hall–Kier alpha value is -0.940. The van der Waals surface area contributed by atoms with Crippen LogP contribution in [-0.4, -0.2) is 4.98 Å². The van der Waals surface area contributed by atoms with Gasteiger partial charge in [0.05, 0.1) is 11.1 Å². The van der Waals surface area contributed by atoms with Gasteiger partial charge in [-0.05, 0) is 35.6 Å². The van der Waals surface area contributed by atoms with Crippen LogP contribution in [0.4, 0.5) is 0 Å². The predicted molar refractivity (Wildman–Crippen MR) is 67.5 cm³/mol. The van der Waals surface area contributed by atoms with E-state index in [1.165, 1.54) is 10.4 Å². The fourth-order valence-corrected chi connectivity index (χ4v) is 2.84. The minimum absolute atomic E-state index is 0.0736. The SMILES string of the molecule is Cc1ccsc1C(NN)c1ccncc1Cl. The van der Waals surface area contributed by atoms with Gasteiger partial charge in [-0.15, -0.1) is 11.3 Å². The van der Waals surface area contributed by atoms with Crippen molar-refractivity contribution in [3.8, 4) is 0 Å². The molecule has 1 unspecified atom stereocenters. The third-order valence-electron chi connectivity index (χ3n) is 2.45. The van der Waals surface area contributed by atoms with Crippen LogP contribution in [0.3, 0.4) is 0 Å². The molecule has 3 nitrogen and oxygen atoms in total. The minimum atomic E-state index is -0.0736. The number of aromatic nitrogens is 1. The van der Waals surface area contributed by atoms with Crippen molar-refractivity contribution in [1.82, 2.24) is 10.4 Å². The molecule has 1 atom stereocenters. The second-order valence-electron chi connectivity index (χ2n) is 3.46. The smallest absolute Gasteiger partial charge is 0.0820 e. The fraction of sp³-hybridized carbons (Fsp3) is 0.182.